The molecular formula is C16H19FN4O. The van der Waals surface area contributed by atoms with Crippen LogP contribution >= 0.6 is 0 Å². The molecule has 5 nitrogen and oxygen atoms in total. The van der Waals surface area contributed by atoms with E-state index in [0.29, 0.717) is 24.7 Å². The summed E-state index contributed by atoms with van der Waals surface area (Å²) in [7, 11) is 0. The molecular weight excluding hydrogens is 283 g/mol. The van der Waals surface area contributed by atoms with Crippen LogP contribution in [-0.2, 0) is 11.2 Å². The molecule has 0 radical (unpaired) electrons. The number of rotatable bonds is 5. The Balaban J connectivity index is 1.51. The lowest BCUT2D eigenvalue weighted by Crippen LogP contribution is -2.16. The van der Waals surface area contributed by atoms with Gasteiger partial charge in [0, 0.05) is 25.2 Å². The highest BCUT2D eigenvalue weighted by Gasteiger charge is 2.17. The van der Waals surface area contributed by atoms with E-state index < -0.39 is 0 Å². The molecule has 1 aromatic carbocycles. The lowest BCUT2D eigenvalue weighted by atomic mass is 10.1. The van der Waals surface area contributed by atoms with Gasteiger partial charge in [0.05, 0.1) is 6.04 Å². The summed E-state index contributed by atoms with van der Waals surface area (Å²) in [6, 6.07) is 8.48. The van der Waals surface area contributed by atoms with Crippen molar-refractivity contribution in [2.24, 2.45) is 0 Å². The van der Waals surface area contributed by atoms with E-state index in [1.807, 2.05) is 16.9 Å². The van der Waals surface area contributed by atoms with Gasteiger partial charge in [-0.25, -0.2) is 4.39 Å². The van der Waals surface area contributed by atoms with Gasteiger partial charge in [0.2, 0.25) is 5.91 Å². The summed E-state index contributed by atoms with van der Waals surface area (Å²) in [5.41, 5.74) is 0.817. The van der Waals surface area contributed by atoms with Crippen molar-refractivity contribution >= 4 is 11.7 Å². The first-order valence-corrected chi connectivity index (χ1v) is 7.51. The lowest BCUT2D eigenvalue weighted by Gasteiger charge is -2.08. The molecule has 1 aromatic heterocycles. The summed E-state index contributed by atoms with van der Waals surface area (Å²) in [5.74, 6) is 0.178. The molecule has 1 aliphatic heterocycles. The molecule has 1 saturated heterocycles. The van der Waals surface area contributed by atoms with E-state index in [2.05, 4.69) is 15.7 Å². The Labute approximate surface area is 128 Å². The number of hydrogen-bond donors (Lipinski definition) is 2. The number of aryl methyl sites for hydroxylation is 1. The molecule has 1 atom stereocenters. The maximum absolute atomic E-state index is 13.1. The van der Waals surface area contributed by atoms with Crippen LogP contribution in [0.4, 0.5) is 10.2 Å². The molecule has 2 N–H and O–H groups in total. The highest BCUT2D eigenvalue weighted by molar-refractivity contribution is 5.89. The molecule has 1 unspecified atom stereocenters. The minimum atomic E-state index is -0.276. The fourth-order valence-electron chi connectivity index (χ4n) is 2.63. The van der Waals surface area contributed by atoms with Crippen LogP contribution in [0.15, 0.2) is 36.5 Å². The van der Waals surface area contributed by atoms with Gasteiger partial charge in [0.25, 0.3) is 0 Å². The van der Waals surface area contributed by atoms with Crippen molar-refractivity contribution in [3.05, 3.63) is 47.9 Å². The normalized spacial score (nSPS) is 17.6. The number of amides is 1. The summed E-state index contributed by atoms with van der Waals surface area (Å²) in [4.78, 5) is 11.9. The molecule has 3 rings (SSSR count). The second-order valence-corrected chi connectivity index (χ2v) is 5.51. The van der Waals surface area contributed by atoms with Gasteiger partial charge in [-0.05, 0) is 37.1 Å². The van der Waals surface area contributed by atoms with Gasteiger partial charge >= 0.3 is 0 Å². The van der Waals surface area contributed by atoms with E-state index in [4.69, 9.17) is 0 Å². The molecule has 0 spiro atoms. The van der Waals surface area contributed by atoms with Crippen molar-refractivity contribution in [2.75, 3.05) is 18.4 Å². The van der Waals surface area contributed by atoms with Crippen LogP contribution in [0.1, 0.15) is 24.4 Å². The Morgan fingerprint density at radius 2 is 2.36 bits per heavy atom. The number of benzene rings is 1. The number of aromatic nitrogens is 2. The zero-order valence-electron chi connectivity index (χ0n) is 12.3. The molecule has 1 aliphatic rings. The number of nitrogens with zero attached hydrogens (tertiary/aromatic N) is 2. The van der Waals surface area contributed by atoms with Gasteiger partial charge in [-0.15, -0.1) is 0 Å². The predicted molar refractivity (Wildman–Crippen MR) is 82.1 cm³/mol. The lowest BCUT2D eigenvalue weighted by molar-refractivity contribution is -0.116. The van der Waals surface area contributed by atoms with E-state index >= 15 is 0 Å². The van der Waals surface area contributed by atoms with Crippen molar-refractivity contribution in [2.45, 2.75) is 25.3 Å². The Morgan fingerprint density at radius 1 is 1.45 bits per heavy atom. The van der Waals surface area contributed by atoms with Crippen LogP contribution < -0.4 is 10.6 Å². The summed E-state index contributed by atoms with van der Waals surface area (Å²) in [6.07, 6.45) is 3.76. The van der Waals surface area contributed by atoms with Gasteiger partial charge in [0.1, 0.15) is 5.82 Å². The smallest absolute Gasteiger partial charge is 0.225 e. The molecule has 22 heavy (non-hydrogen) atoms. The third kappa shape index (κ3) is 3.71. The second kappa shape index (κ2) is 6.70. The topological polar surface area (TPSA) is 59.0 Å². The highest BCUT2D eigenvalue weighted by Crippen LogP contribution is 2.16. The van der Waals surface area contributed by atoms with E-state index in [-0.39, 0.29) is 11.7 Å². The van der Waals surface area contributed by atoms with Crippen LogP contribution in [0, 0.1) is 5.82 Å². The molecule has 116 valence electrons. The zero-order valence-corrected chi connectivity index (χ0v) is 12.3. The first kappa shape index (κ1) is 14.7. The van der Waals surface area contributed by atoms with Gasteiger partial charge in [-0.1, -0.05) is 12.1 Å². The van der Waals surface area contributed by atoms with Crippen molar-refractivity contribution in [3.63, 3.8) is 0 Å². The Morgan fingerprint density at radius 3 is 3.14 bits per heavy atom. The van der Waals surface area contributed by atoms with Crippen LogP contribution in [0.2, 0.25) is 0 Å². The fraction of sp³-hybridized carbons (Fsp3) is 0.375. The predicted octanol–water partition coefficient (Wildman–Crippen LogP) is 2.13. The van der Waals surface area contributed by atoms with Gasteiger partial charge < -0.3 is 10.6 Å². The molecule has 1 amide bonds. The van der Waals surface area contributed by atoms with E-state index in [0.717, 1.165) is 25.1 Å². The molecule has 0 bridgehead atoms. The minimum Gasteiger partial charge on any atom is -0.315 e. The number of hydrogen-bond acceptors (Lipinski definition) is 3. The van der Waals surface area contributed by atoms with Crippen LogP contribution in [0.5, 0.6) is 0 Å². The van der Waals surface area contributed by atoms with Gasteiger partial charge in [-0.2, -0.15) is 5.10 Å². The Bertz CT molecular complexity index is 649. The quantitative estimate of drug-likeness (QED) is 0.889. The van der Waals surface area contributed by atoms with E-state index in [1.165, 1.54) is 12.1 Å². The summed E-state index contributed by atoms with van der Waals surface area (Å²) in [6.45, 7) is 1.91. The van der Waals surface area contributed by atoms with Crippen LogP contribution in [-0.4, -0.2) is 28.8 Å². The minimum absolute atomic E-state index is 0.112. The highest BCUT2D eigenvalue weighted by atomic mass is 19.1. The van der Waals surface area contributed by atoms with E-state index in [9.17, 15) is 9.18 Å². The van der Waals surface area contributed by atoms with Crippen molar-refractivity contribution in [3.8, 4) is 0 Å². The van der Waals surface area contributed by atoms with Gasteiger partial charge in [-0.3, -0.25) is 9.48 Å². The SMILES string of the molecule is O=C(CCc1cccc(F)c1)Nc1ccn(C2CCNC2)n1. The largest absolute Gasteiger partial charge is 0.315 e. The maximum atomic E-state index is 13.1. The number of carbonyl (C=O) groups is 1. The number of nitrogens with one attached hydrogen (secondary N) is 2. The molecule has 0 saturated carbocycles. The average Bonchev–Trinajstić information content (AvgIpc) is 3.16. The van der Waals surface area contributed by atoms with Gasteiger partial charge in [0.15, 0.2) is 5.82 Å². The second-order valence-electron chi connectivity index (χ2n) is 5.51. The maximum Gasteiger partial charge on any atom is 0.225 e. The molecule has 6 heteroatoms. The van der Waals surface area contributed by atoms with Crippen molar-refractivity contribution < 1.29 is 9.18 Å². The Kier molecular flexibility index (Phi) is 4.48. The van der Waals surface area contributed by atoms with Crippen molar-refractivity contribution in [1.82, 2.24) is 15.1 Å². The fourth-order valence-corrected chi connectivity index (χ4v) is 2.63. The van der Waals surface area contributed by atoms with Crippen LogP contribution in [0.25, 0.3) is 0 Å². The monoisotopic (exact) mass is 302 g/mol. The molecule has 1 fully saturated rings. The molecule has 2 heterocycles. The number of anilines is 1. The first-order chi connectivity index (χ1) is 10.7. The number of carbonyl (C=O) groups excluding carboxylic acids is 1. The third-order valence-corrected chi connectivity index (χ3v) is 3.81. The third-order valence-electron chi connectivity index (χ3n) is 3.81. The molecule has 0 aliphatic carbocycles. The standard InChI is InChI=1S/C16H19FN4O/c17-13-3-1-2-12(10-13)4-5-16(22)19-15-7-9-21(20-15)14-6-8-18-11-14/h1-3,7,9-10,14,18H,4-6,8,11H2,(H,19,20,22). The summed E-state index contributed by atoms with van der Waals surface area (Å²) < 4.78 is 15.0. The Hall–Kier alpha value is -2.21. The summed E-state index contributed by atoms with van der Waals surface area (Å²) in [5, 5.41) is 10.5. The first-order valence-electron chi connectivity index (χ1n) is 7.51. The number of halogens is 1. The molecule has 2 aromatic rings. The zero-order chi connectivity index (χ0) is 15.4. The van der Waals surface area contributed by atoms with E-state index in [1.54, 1.807) is 12.1 Å². The van der Waals surface area contributed by atoms with Crippen molar-refractivity contribution in [1.29, 1.82) is 0 Å². The summed E-state index contributed by atoms with van der Waals surface area (Å²) >= 11 is 0. The average molecular weight is 302 g/mol. The van der Waals surface area contributed by atoms with Crippen LogP contribution in [0.3, 0.4) is 0 Å².